The van der Waals surface area contributed by atoms with Crippen LogP contribution in [0.25, 0.3) is 5.78 Å². The van der Waals surface area contributed by atoms with Gasteiger partial charge in [0.15, 0.2) is 0 Å². The van der Waals surface area contributed by atoms with E-state index in [2.05, 4.69) is 41.2 Å². The Kier molecular flexibility index (Phi) is 4.22. The molecule has 3 aromatic rings. The Balaban J connectivity index is 1.46. The van der Waals surface area contributed by atoms with Gasteiger partial charge in [0, 0.05) is 31.7 Å². The molecule has 1 saturated heterocycles. The summed E-state index contributed by atoms with van der Waals surface area (Å²) in [7, 11) is 0. The lowest BCUT2D eigenvalue weighted by Gasteiger charge is -2.32. The van der Waals surface area contributed by atoms with Gasteiger partial charge >= 0.3 is 0 Å². The number of hydrogen-bond donors (Lipinski definition) is 0. The number of amides is 1. The summed E-state index contributed by atoms with van der Waals surface area (Å²) in [6, 6.07) is 10.5. The molecule has 4 rings (SSSR count). The predicted octanol–water partition coefficient (Wildman–Crippen LogP) is 3.13. The highest BCUT2D eigenvalue weighted by Gasteiger charge is 2.26. The molecule has 2 aromatic heterocycles. The van der Waals surface area contributed by atoms with Gasteiger partial charge in [-0.05, 0) is 43.7 Å². The highest BCUT2D eigenvalue weighted by atomic mass is 16.2. The number of carbonyl (C=O) groups is 1. The Hall–Kier alpha value is -2.69. The number of rotatable bonds is 3. The average Bonchev–Trinajstić information content (AvgIpc) is 3.07. The van der Waals surface area contributed by atoms with Crippen LogP contribution >= 0.6 is 0 Å². The summed E-state index contributed by atoms with van der Waals surface area (Å²) < 4.78 is 1.79. The fourth-order valence-electron chi connectivity index (χ4n) is 3.57. The topological polar surface area (TPSA) is 50.5 Å². The van der Waals surface area contributed by atoms with Crippen molar-refractivity contribution in [3.05, 3.63) is 65.7 Å². The number of imidazole rings is 1. The molecule has 0 spiro atoms. The van der Waals surface area contributed by atoms with Crippen molar-refractivity contribution in [3.8, 4) is 0 Å². The van der Waals surface area contributed by atoms with Crippen LogP contribution in [-0.4, -0.2) is 38.3 Å². The zero-order valence-corrected chi connectivity index (χ0v) is 14.4. The largest absolute Gasteiger partial charge is 0.337 e. The number of fused-ring (bicyclic) bond motifs is 1. The van der Waals surface area contributed by atoms with Crippen LogP contribution in [0.3, 0.4) is 0 Å². The average molecular weight is 334 g/mol. The van der Waals surface area contributed by atoms with E-state index < -0.39 is 0 Å². The summed E-state index contributed by atoms with van der Waals surface area (Å²) in [5.41, 5.74) is 3.11. The van der Waals surface area contributed by atoms with E-state index >= 15 is 0 Å². The molecule has 0 bridgehead atoms. The maximum absolute atomic E-state index is 12.8. The molecule has 128 valence electrons. The zero-order valence-electron chi connectivity index (χ0n) is 14.4. The van der Waals surface area contributed by atoms with Gasteiger partial charge in [-0.3, -0.25) is 9.20 Å². The van der Waals surface area contributed by atoms with E-state index in [-0.39, 0.29) is 5.91 Å². The van der Waals surface area contributed by atoms with Crippen LogP contribution in [0.2, 0.25) is 0 Å². The van der Waals surface area contributed by atoms with Gasteiger partial charge < -0.3 is 4.90 Å². The number of hydrogen-bond acceptors (Lipinski definition) is 3. The lowest BCUT2D eigenvalue weighted by atomic mass is 9.91. The Labute approximate surface area is 147 Å². The summed E-state index contributed by atoms with van der Waals surface area (Å²) in [6.07, 6.45) is 8.57. The molecule has 3 heterocycles. The number of aromatic nitrogens is 3. The number of piperidine rings is 1. The van der Waals surface area contributed by atoms with E-state index in [9.17, 15) is 4.79 Å². The Morgan fingerprint density at radius 1 is 1.28 bits per heavy atom. The first-order chi connectivity index (χ1) is 12.2. The smallest absolute Gasteiger partial charge is 0.274 e. The molecule has 1 aromatic carbocycles. The van der Waals surface area contributed by atoms with Crippen LogP contribution in [0.4, 0.5) is 0 Å². The van der Waals surface area contributed by atoms with Crippen LogP contribution in [0.15, 0.2) is 48.9 Å². The molecule has 1 atom stereocenters. The van der Waals surface area contributed by atoms with Gasteiger partial charge in [-0.25, -0.2) is 9.97 Å². The molecular weight excluding hydrogens is 312 g/mol. The van der Waals surface area contributed by atoms with Crippen molar-refractivity contribution < 1.29 is 4.79 Å². The van der Waals surface area contributed by atoms with Gasteiger partial charge in [-0.1, -0.05) is 29.8 Å². The highest BCUT2D eigenvalue weighted by molar-refractivity contribution is 5.92. The third kappa shape index (κ3) is 3.40. The van der Waals surface area contributed by atoms with Gasteiger partial charge in [0.2, 0.25) is 5.78 Å². The number of benzene rings is 1. The van der Waals surface area contributed by atoms with E-state index in [0.29, 0.717) is 17.4 Å². The third-order valence-corrected chi connectivity index (χ3v) is 4.91. The van der Waals surface area contributed by atoms with Crippen molar-refractivity contribution in [2.45, 2.75) is 26.2 Å². The normalized spacial score (nSPS) is 17.8. The van der Waals surface area contributed by atoms with Crippen LogP contribution in [0.1, 0.15) is 34.5 Å². The fourth-order valence-corrected chi connectivity index (χ4v) is 3.57. The lowest BCUT2D eigenvalue weighted by Crippen LogP contribution is -2.40. The van der Waals surface area contributed by atoms with Crippen molar-refractivity contribution in [2.24, 2.45) is 5.92 Å². The molecule has 25 heavy (non-hydrogen) atoms. The second kappa shape index (κ2) is 6.67. The molecule has 0 radical (unpaired) electrons. The molecule has 0 aliphatic carbocycles. The van der Waals surface area contributed by atoms with Crippen LogP contribution in [0.5, 0.6) is 0 Å². The molecule has 1 fully saturated rings. The SMILES string of the molecule is Cc1ccc(CC2CCCN(C(=O)c3cn4cccnc4n3)C2)cc1. The zero-order chi connectivity index (χ0) is 17.2. The van der Waals surface area contributed by atoms with Crippen molar-refractivity contribution in [1.29, 1.82) is 0 Å². The number of aryl methyl sites for hydroxylation is 1. The molecule has 1 amide bonds. The maximum atomic E-state index is 12.8. The summed E-state index contributed by atoms with van der Waals surface area (Å²) >= 11 is 0. The first-order valence-electron chi connectivity index (χ1n) is 8.83. The number of nitrogens with zero attached hydrogens (tertiary/aromatic N) is 4. The molecule has 1 aliphatic rings. The van der Waals surface area contributed by atoms with Crippen LogP contribution in [0, 0.1) is 12.8 Å². The van der Waals surface area contributed by atoms with Gasteiger partial charge in [-0.2, -0.15) is 0 Å². The third-order valence-electron chi connectivity index (χ3n) is 4.91. The van der Waals surface area contributed by atoms with Crippen molar-refractivity contribution in [1.82, 2.24) is 19.3 Å². The van der Waals surface area contributed by atoms with Crippen molar-refractivity contribution in [2.75, 3.05) is 13.1 Å². The minimum atomic E-state index is 0.0131. The second-order valence-electron chi connectivity index (χ2n) is 6.90. The molecular formula is C20H22N4O. The summed E-state index contributed by atoms with van der Waals surface area (Å²) in [5, 5.41) is 0. The molecule has 5 heteroatoms. The monoisotopic (exact) mass is 334 g/mol. The minimum Gasteiger partial charge on any atom is -0.337 e. The standard InChI is InChI=1S/C20H22N4O/c1-15-5-7-16(8-6-15)12-17-4-2-10-23(13-17)19(25)18-14-24-11-3-9-21-20(24)22-18/h3,5-9,11,14,17H,2,4,10,12-13H2,1H3. The quantitative estimate of drug-likeness (QED) is 0.739. The molecule has 0 N–H and O–H groups in total. The Morgan fingerprint density at radius 3 is 2.92 bits per heavy atom. The van der Waals surface area contributed by atoms with E-state index in [1.54, 1.807) is 16.8 Å². The first-order valence-corrected chi connectivity index (χ1v) is 8.83. The molecule has 5 nitrogen and oxygen atoms in total. The lowest BCUT2D eigenvalue weighted by molar-refractivity contribution is 0.0668. The molecule has 1 aliphatic heterocycles. The van der Waals surface area contributed by atoms with Gasteiger partial charge in [0.25, 0.3) is 5.91 Å². The van der Waals surface area contributed by atoms with Gasteiger partial charge in [0.05, 0.1) is 0 Å². The molecule has 1 unspecified atom stereocenters. The van der Waals surface area contributed by atoms with Crippen molar-refractivity contribution >= 4 is 11.7 Å². The van der Waals surface area contributed by atoms with E-state index in [1.165, 1.54) is 17.5 Å². The summed E-state index contributed by atoms with van der Waals surface area (Å²) in [6.45, 7) is 3.72. The van der Waals surface area contributed by atoms with E-state index in [1.807, 2.05) is 17.2 Å². The molecule has 0 saturated carbocycles. The van der Waals surface area contributed by atoms with Gasteiger partial charge in [0.1, 0.15) is 5.69 Å². The van der Waals surface area contributed by atoms with Gasteiger partial charge in [-0.15, -0.1) is 0 Å². The summed E-state index contributed by atoms with van der Waals surface area (Å²) in [4.78, 5) is 23.3. The predicted molar refractivity (Wildman–Crippen MR) is 96.5 cm³/mol. The Bertz CT molecular complexity index is 851. The second-order valence-corrected chi connectivity index (χ2v) is 6.90. The first kappa shape index (κ1) is 15.8. The fraction of sp³-hybridized carbons (Fsp3) is 0.350. The van der Waals surface area contributed by atoms with Crippen LogP contribution < -0.4 is 0 Å². The Morgan fingerprint density at radius 2 is 2.12 bits per heavy atom. The minimum absolute atomic E-state index is 0.0131. The summed E-state index contributed by atoms with van der Waals surface area (Å²) in [5.74, 6) is 1.09. The number of carbonyl (C=O) groups excluding carboxylic acids is 1. The van der Waals surface area contributed by atoms with E-state index in [4.69, 9.17) is 0 Å². The number of likely N-dealkylation sites (tertiary alicyclic amines) is 1. The van der Waals surface area contributed by atoms with Crippen molar-refractivity contribution in [3.63, 3.8) is 0 Å². The van der Waals surface area contributed by atoms with E-state index in [0.717, 1.165) is 25.9 Å². The maximum Gasteiger partial charge on any atom is 0.274 e. The highest BCUT2D eigenvalue weighted by Crippen LogP contribution is 2.22. The van der Waals surface area contributed by atoms with Crippen LogP contribution in [-0.2, 0) is 6.42 Å².